The van der Waals surface area contributed by atoms with E-state index in [4.69, 9.17) is 15.2 Å². The van der Waals surface area contributed by atoms with E-state index in [1.54, 1.807) is 0 Å². The molecule has 4 heteroatoms. The number of hydrogen-bond acceptors (Lipinski definition) is 3. The minimum atomic E-state index is -0.457. The lowest BCUT2D eigenvalue weighted by molar-refractivity contribution is 0.155. The second-order valence-electron chi connectivity index (χ2n) is 4.40. The predicted octanol–water partition coefficient (Wildman–Crippen LogP) is 3.13. The highest BCUT2D eigenvalue weighted by Gasteiger charge is 2.17. The summed E-state index contributed by atoms with van der Waals surface area (Å²) in [5.74, 6) is 0.237. The van der Waals surface area contributed by atoms with Crippen LogP contribution in [-0.2, 0) is 0 Å². The summed E-state index contributed by atoms with van der Waals surface area (Å²) in [7, 11) is 1.43. The Morgan fingerprint density at radius 2 is 1.88 bits per heavy atom. The normalized spacial score (nSPS) is 16.8. The Morgan fingerprint density at radius 1 is 1.18 bits per heavy atom. The first-order valence-corrected chi connectivity index (χ1v) is 6.00. The molecule has 2 N–H and O–H groups in total. The van der Waals surface area contributed by atoms with Crippen LogP contribution in [0.3, 0.4) is 0 Å². The van der Waals surface area contributed by atoms with Crippen LogP contribution in [0.5, 0.6) is 11.5 Å². The van der Waals surface area contributed by atoms with Crippen molar-refractivity contribution < 1.29 is 13.9 Å². The van der Waals surface area contributed by atoms with Crippen molar-refractivity contribution in [1.29, 1.82) is 0 Å². The fraction of sp³-hybridized carbons (Fsp3) is 0.538. The van der Waals surface area contributed by atoms with Gasteiger partial charge < -0.3 is 15.2 Å². The average molecular weight is 239 g/mol. The summed E-state index contributed by atoms with van der Waals surface area (Å²) in [5, 5.41) is 0. The second-order valence-corrected chi connectivity index (χ2v) is 4.40. The van der Waals surface area contributed by atoms with Gasteiger partial charge in [0.15, 0.2) is 11.6 Å². The molecule has 3 nitrogen and oxygen atoms in total. The zero-order valence-electron chi connectivity index (χ0n) is 10.0. The van der Waals surface area contributed by atoms with Crippen molar-refractivity contribution in [3.8, 4) is 11.5 Å². The summed E-state index contributed by atoms with van der Waals surface area (Å²) in [5.41, 5.74) is 6.07. The van der Waals surface area contributed by atoms with Gasteiger partial charge >= 0.3 is 0 Å². The topological polar surface area (TPSA) is 44.5 Å². The SMILES string of the molecule is COc1cc(OC2CCCCC2)c(N)cc1F. The Hall–Kier alpha value is -1.45. The Bertz CT molecular complexity index is 389. The third-order valence-corrected chi connectivity index (χ3v) is 3.13. The predicted molar refractivity (Wildman–Crippen MR) is 64.9 cm³/mol. The number of nitrogen functional groups attached to an aromatic ring is 1. The number of anilines is 1. The Balaban J connectivity index is 2.13. The van der Waals surface area contributed by atoms with E-state index < -0.39 is 5.82 Å². The molecule has 0 heterocycles. The van der Waals surface area contributed by atoms with Crippen LogP contribution in [0.15, 0.2) is 12.1 Å². The summed E-state index contributed by atoms with van der Waals surface area (Å²) < 4.78 is 24.1. The van der Waals surface area contributed by atoms with Gasteiger partial charge in [-0.15, -0.1) is 0 Å². The minimum Gasteiger partial charge on any atom is -0.494 e. The number of ether oxygens (including phenoxy) is 2. The van der Waals surface area contributed by atoms with Crippen molar-refractivity contribution >= 4 is 5.69 Å². The van der Waals surface area contributed by atoms with Crippen molar-refractivity contribution in [2.45, 2.75) is 38.2 Å². The van der Waals surface area contributed by atoms with Gasteiger partial charge in [-0.05, 0) is 25.7 Å². The average Bonchev–Trinajstić information content (AvgIpc) is 2.34. The van der Waals surface area contributed by atoms with Crippen molar-refractivity contribution in [1.82, 2.24) is 0 Å². The largest absolute Gasteiger partial charge is 0.494 e. The molecule has 1 aliphatic rings. The molecule has 0 bridgehead atoms. The first kappa shape index (κ1) is 12.0. The van der Waals surface area contributed by atoms with E-state index in [9.17, 15) is 4.39 Å². The van der Waals surface area contributed by atoms with Crippen LogP contribution in [0.2, 0.25) is 0 Å². The Labute approximate surface area is 101 Å². The van der Waals surface area contributed by atoms with Crippen molar-refractivity contribution in [3.05, 3.63) is 17.9 Å². The van der Waals surface area contributed by atoms with Gasteiger partial charge in [0.05, 0.1) is 18.9 Å². The molecule has 1 aromatic carbocycles. The van der Waals surface area contributed by atoms with Gasteiger partial charge in [0.2, 0.25) is 0 Å². The molecule has 1 aliphatic carbocycles. The van der Waals surface area contributed by atoms with Gasteiger partial charge in [-0.2, -0.15) is 0 Å². The van der Waals surface area contributed by atoms with E-state index in [2.05, 4.69) is 0 Å². The van der Waals surface area contributed by atoms with E-state index in [0.717, 1.165) is 12.8 Å². The molecule has 17 heavy (non-hydrogen) atoms. The standard InChI is InChI=1S/C13H18FNO2/c1-16-12-8-13(11(15)7-10(12)14)17-9-5-3-2-4-6-9/h7-9H,2-6,15H2,1H3. The zero-order valence-corrected chi connectivity index (χ0v) is 10.0. The zero-order chi connectivity index (χ0) is 12.3. The third-order valence-electron chi connectivity index (χ3n) is 3.13. The lowest BCUT2D eigenvalue weighted by Crippen LogP contribution is -2.20. The van der Waals surface area contributed by atoms with Gasteiger partial charge in [0, 0.05) is 12.1 Å². The van der Waals surface area contributed by atoms with Gasteiger partial charge in [0.25, 0.3) is 0 Å². The Kier molecular flexibility index (Phi) is 3.71. The van der Waals surface area contributed by atoms with Crippen molar-refractivity contribution in [2.75, 3.05) is 12.8 Å². The lowest BCUT2D eigenvalue weighted by atomic mass is 9.98. The molecule has 0 atom stereocenters. The van der Waals surface area contributed by atoms with Crippen LogP contribution in [-0.4, -0.2) is 13.2 Å². The minimum absolute atomic E-state index is 0.171. The highest BCUT2D eigenvalue weighted by atomic mass is 19.1. The summed E-state index contributed by atoms with van der Waals surface area (Å²) in [6.07, 6.45) is 5.91. The number of benzene rings is 1. The number of rotatable bonds is 3. The van der Waals surface area contributed by atoms with Gasteiger partial charge in [0.1, 0.15) is 5.75 Å². The maximum absolute atomic E-state index is 13.3. The quantitative estimate of drug-likeness (QED) is 0.824. The molecular weight excluding hydrogens is 221 g/mol. The molecule has 0 radical (unpaired) electrons. The monoisotopic (exact) mass is 239 g/mol. The summed E-state index contributed by atoms with van der Waals surface area (Å²) in [6.45, 7) is 0. The van der Waals surface area contributed by atoms with Gasteiger partial charge in [-0.1, -0.05) is 6.42 Å². The summed E-state index contributed by atoms with van der Waals surface area (Å²) in [6, 6.07) is 2.77. The second kappa shape index (κ2) is 5.25. The number of hydrogen-bond donors (Lipinski definition) is 1. The highest BCUT2D eigenvalue weighted by Crippen LogP contribution is 2.32. The first-order chi connectivity index (χ1) is 8.20. The van der Waals surface area contributed by atoms with Crippen LogP contribution in [0.25, 0.3) is 0 Å². The molecule has 0 unspecified atom stereocenters. The first-order valence-electron chi connectivity index (χ1n) is 6.00. The van der Waals surface area contributed by atoms with E-state index in [1.165, 1.54) is 38.5 Å². The van der Waals surface area contributed by atoms with Crippen LogP contribution in [0, 0.1) is 5.82 Å². The van der Waals surface area contributed by atoms with E-state index in [0.29, 0.717) is 11.4 Å². The fourth-order valence-electron chi connectivity index (χ4n) is 2.17. The molecule has 0 amide bonds. The Morgan fingerprint density at radius 3 is 2.53 bits per heavy atom. The fourth-order valence-corrected chi connectivity index (χ4v) is 2.17. The lowest BCUT2D eigenvalue weighted by Gasteiger charge is -2.24. The van der Waals surface area contributed by atoms with E-state index in [1.807, 2.05) is 0 Å². The maximum Gasteiger partial charge on any atom is 0.167 e. The maximum atomic E-state index is 13.3. The van der Waals surface area contributed by atoms with Crippen LogP contribution in [0.4, 0.5) is 10.1 Å². The molecule has 2 rings (SSSR count). The molecule has 1 aromatic rings. The van der Waals surface area contributed by atoms with Crippen LogP contribution < -0.4 is 15.2 Å². The van der Waals surface area contributed by atoms with Crippen molar-refractivity contribution in [2.24, 2.45) is 0 Å². The van der Waals surface area contributed by atoms with Gasteiger partial charge in [-0.25, -0.2) is 4.39 Å². The molecule has 94 valence electrons. The third kappa shape index (κ3) is 2.81. The molecule has 0 aliphatic heterocycles. The molecule has 0 aromatic heterocycles. The molecular formula is C13H18FNO2. The molecule has 0 spiro atoms. The van der Waals surface area contributed by atoms with Crippen molar-refractivity contribution in [3.63, 3.8) is 0 Å². The molecule has 1 fully saturated rings. The molecule has 1 saturated carbocycles. The highest BCUT2D eigenvalue weighted by molar-refractivity contribution is 5.56. The number of methoxy groups -OCH3 is 1. The number of halogens is 1. The van der Waals surface area contributed by atoms with Crippen LogP contribution in [0.1, 0.15) is 32.1 Å². The van der Waals surface area contributed by atoms with Gasteiger partial charge in [-0.3, -0.25) is 0 Å². The molecule has 0 saturated heterocycles. The van der Waals surface area contributed by atoms with E-state index >= 15 is 0 Å². The van der Waals surface area contributed by atoms with Crippen LogP contribution >= 0.6 is 0 Å². The smallest absolute Gasteiger partial charge is 0.167 e. The van der Waals surface area contributed by atoms with E-state index in [-0.39, 0.29) is 11.9 Å². The summed E-state index contributed by atoms with van der Waals surface area (Å²) >= 11 is 0. The summed E-state index contributed by atoms with van der Waals surface area (Å²) in [4.78, 5) is 0. The number of nitrogens with two attached hydrogens (primary N) is 1.